The fraction of sp³-hybridized carbons (Fsp3) is 0.483. The Labute approximate surface area is 250 Å². The maximum Gasteiger partial charge on any atom is 0.332 e. The zero-order valence-corrected chi connectivity index (χ0v) is 25.0. The van der Waals surface area contributed by atoms with Gasteiger partial charge < -0.3 is 19.1 Å². The number of piperidine rings is 1. The summed E-state index contributed by atoms with van der Waals surface area (Å²) in [5.74, 6) is -0.363. The Hall–Kier alpha value is -3.88. The minimum absolute atomic E-state index is 0.0601. The molecule has 43 heavy (non-hydrogen) atoms. The van der Waals surface area contributed by atoms with Gasteiger partial charge in [-0.3, -0.25) is 14.2 Å². The van der Waals surface area contributed by atoms with Crippen LogP contribution in [0.3, 0.4) is 0 Å². The third kappa shape index (κ3) is 5.38. The molecule has 5 heterocycles. The number of hydrogen-bond donors (Lipinski definition) is 0. The van der Waals surface area contributed by atoms with Crippen molar-refractivity contribution < 1.29 is 23.4 Å². The van der Waals surface area contributed by atoms with E-state index < -0.39 is 29.2 Å². The summed E-state index contributed by atoms with van der Waals surface area (Å²) >= 11 is 1.20. The summed E-state index contributed by atoms with van der Waals surface area (Å²) in [6.45, 7) is 3.31. The number of carbonyl (C=O) groups excluding carboxylic acids is 1. The molecule has 14 heteroatoms. The Morgan fingerprint density at radius 1 is 1.14 bits per heavy atom. The molecule has 0 N–H and O–H groups in total. The van der Waals surface area contributed by atoms with Crippen molar-refractivity contribution in [1.29, 1.82) is 0 Å². The molecule has 0 saturated carbocycles. The van der Waals surface area contributed by atoms with Crippen LogP contribution in [-0.4, -0.2) is 75.0 Å². The van der Waals surface area contributed by atoms with Crippen LogP contribution < -0.4 is 16.0 Å². The monoisotopic (exact) mass is 612 g/mol. The Balaban J connectivity index is 1.57. The molecule has 0 spiro atoms. The van der Waals surface area contributed by atoms with Gasteiger partial charge in [0.1, 0.15) is 33.5 Å². The van der Waals surface area contributed by atoms with Crippen LogP contribution in [0.2, 0.25) is 0 Å². The van der Waals surface area contributed by atoms with Gasteiger partial charge in [0.2, 0.25) is 5.91 Å². The Morgan fingerprint density at radius 3 is 2.60 bits per heavy atom. The van der Waals surface area contributed by atoms with Gasteiger partial charge in [0.25, 0.3) is 5.56 Å². The molecular weight excluding hydrogens is 579 g/mol. The molecule has 0 aliphatic carbocycles. The van der Waals surface area contributed by atoms with Gasteiger partial charge in [-0.15, -0.1) is 4.80 Å². The zero-order chi connectivity index (χ0) is 30.2. The first-order chi connectivity index (χ1) is 20.8. The lowest BCUT2D eigenvalue weighted by Crippen LogP contribution is -2.49. The van der Waals surface area contributed by atoms with Crippen molar-refractivity contribution in [3.8, 4) is 10.8 Å². The number of benzene rings is 1. The topological polar surface area (TPSA) is 123 Å². The number of carbonyl (C=O) groups is 1. The molecule has 4 aromatic rings. The first-order valence-corrected chi connectivity index (χ1v) is 15.1. The second kappa shape index (κ2) is 12.0. The molecule has 12 nitrogen and oxygen atoms in total. The molecule has 228 valence electrons. The first kappa shape index (κ1) is 29.2. The van der Waals surface area contributed by atoms with Gasteiger partial charge >= 0.3 is 5.69 Å². The van der Waals surface area contributed by atoms with Crippen molar-refractivity contribution in [3.05, 3.63) is 68.4 Å². The Bertz CT molecular complexity index is 1760. The number of aromatic nitrogens is 5. The van der Waals surface area contributed by atoms with Crippen LogP contribution in [0.25, 0.3) is 15.2 Å². The molecule has 2 saturated heterocycles. The fourth-order valence-electron chi connectivity index (χ4n) is 5.93. The number of hydrogen-bond acceptors (Lipinski definition) is 9. The molecule has 6 rings (SSSR count). The zero-order valence-electron chi connectivity index (χ0n) is 24.2. The second-order valence-electron chi connectivity index (χ2n) is 10.8. The van der Waals surface area contributed by atoms with E-state index in [1.165, 1.54) is 58.4 Å². The van der Waals surface area contributed by atoms with Gasteiger partial charge in [-0.1, -0.05) is 11.3 Å². The lowest BCUT2D eigenvalue weighted by Gasteiger charge is -2.31. The van der Waals surface area contributed by atoms with E-state index in [0.717, 1.165) is 4.57 Å². The van der Waals surface area contributed by atoms with E-state index in [4.69, 9.17) is 14.2 Å². The molecule has 2 fully saturated rings. The van der Waals surface area contributed by atoms with Crippen molar-refractivity contribution in [2.75, 3.05) is 33.9 Å². The van der Waals surface area contributed by atoms with E-state index in [-0.39, 0.29) is 18.6 Å². The molecule has 1 amide bonds. The van der Waals surface area contributed by atoms with Crippen LogP contribution in [0, 0.1) is 12.7 Å². The van der Waals surface area contributed by atoms with Gasteiger partial charge in [0, 0.05) is 37.9 Å². The normalized spacial score (nSPS) is 18.8. The van der Waals surface area contributed by atoms with Crippen LogP contribution in [0.15, 0.2) is 40.2 Å². The molecule has 0 bridgehead atoms. The molecule has 2 atom stereocenters. The molecule has 2 aliphatic rings. The minimum atomic E-state index is -0.946. The number of methoxy groups -OCH3 is 1. The van der Waals surface area contributed by atoms with Gasteiger partial charge in [0.15, 0.2) is 0 Å². The average molecular weight is 613 g/mol. The van der Waals surface area contributed by atoms with E-state index in [2.05, 4.69) is 10.2 Å². The van der Waals surface area contributed by atoms with Gasteiger partial charge in [-0.25, -0.2) is 13.8 Å². The fourth-order valence-corrected chi connectivity index (χ4v) is 7.15. The quantitative estimate of drug-likeness (QED) is 0.298. The number of nitrogens with zero attached hydrogens (tertiary/aromatic N) is 6. The van der Waals surface area contributed by atoms with E-state index in [1.807, 2.05) is 0 Å². The van der Waals surface area contributed by atoms with Gasteiger partial charge in [-0.2, -0.15) is 10.2 Å². The van der Waals surface area contributed by atoms with Crippen molar-refractivity contribution in [1.82, 2.24) is 29.0 Å². The largest absolute Gasteiger partial charge is 0.496 e. The number of ether oxygens (including phenoxy) is 3. The van der Waals surface area contributed by atoms with Crippen molar-refractivity contribution in [2.24, 2.45) is 0 Å². The minimum Gasteiger partial charge on any atom is -0.496 e. The predicted molar refractivity (Wildman–Crippen MR) is 157 cm³/mol. The standard InChI is InChI=1S/C29H33FN6O6S/c1-17-24-26(38)35(21-5-4-12-33(2)25(21)37)29(39)34(28(24)43-27(17)36-31-10-11-32-36)16-23(42-19-8-13-41-14-9-19)20-15-18(30)6-7-22(20)40-3/h6-7,10-11,15,19,21,23H,4-5,8-9,12-14,16H2,1-3H3/t21-,23+/m1/s1. The maximum absolute atomic E-state index is 14.6. The van der Waals surface area contributed by atoms with Crippen LogP contribution in [0.5, 0.6) is 5.75 Å². The summed E-state index contributed by atoms with van der Waals surface area (Å²) in [6.07, 6.45) is 4.31. The number of likely N-dealkylation sites (tertiary alicyclic amines) is 1. The van der Waals surface area contributed by atoms with E-state index in [0.29, 0.717) is 77.5 Å². The van der Waals surface area contributed by atoms with Gasteiger partial charge in [-0.05, 0) is 50.8 Å². The SMILES string of the molecule is COc1ccc(F)cc1[C@H](Cn1c(=O)n([C@@H]2CCCN(C)C2=O)c(=O)c2c(C)c(-n3nccn3)sc21)OC1CCOCC1. The molecular formula is C29H33FN6O6S. The number of halogens is 1. The highest BCUT2D eigenvalue weighted by Gasteiger charge is 2.34. The molecule has 1 aromatic carbocycles. The number of likely N-dealkylation sites (N-methyl/N-ethyl adjacent to an activating group) is 1. The average Bonchev–Trinajstić information content (AvgIpc) is 3.65. The third-order valence-corrected chi connectivity index (χ3v) is 9.46. The van der Waals surface area contributed by atoms with Crippen molar-refractivity contribution in [2.45, 2.75) is 57.4 Å². The van der Waals surface area contributed by atoms with Crippen molar-refractivity contribution in [3.63, 3.8) is 0 Å². The van der Waals surface area contributed by atoms with Crippen LogP contribution in [-0.2, 0) is 20.8 Å². The second-order valence-corrected chi connectivity index (χ2v) is 11.8. The maximum atomic E-state index is 14.6. The molecule has 2 aliphatic heterocycles. The summed E-state index contributed by atoms with van der Waals surface area (Å²) in [5, 5.41) is 9.35. The first-order valence-electron chi connectivity index (χ1n) is 14.2. The highest BCUT2D eigenvalue weighted by molar-refractivity contribution is 7.21. The van der Waals surface area contributed by atoms with E-state index in [1.54, 1.807) is 18.9 Å². The van der Waals surface area contributed by atoms with Crippen LogP contribution in [0.1, 0.15) is 49.0 Å². The highest BCUT2D eigenvalue weighted by atomic mass is 32.1. The lowest BCUT2D eigenvalue weighted by molar-refractivity contribution is -0.136. The molecule has 0 unspecified atom stereocenters. The smallest absolute Gasteiger partial charge is 0.332 e. The summed E-state index contributed by atoms with van der Waals surface area (Å²) in [4.78, 5) is 45.1. The van der Waals surface area contributed by atoms with E-state index >= 15 is 0 Å². The summed E-state index contributed by atoms with van der Waals surface area (Å²) < 4.78 is 34.9. The molecule has 0 radical (unpaired) electrons. The van der Waals surface area contributed by atoms with Crippen molar-refractivity contribution >= 4 is 27.5 Å². The number of fused-ring (bicyclic) bond motifs is 1. The highest BCUT2D eigenvalue weighted by Crippen LogP contribution is 2.35. The molecule has 3 aromatic heterocycles. The number of thiophene rings is 1. The number of amides is 1. The Morgan fingerprint density at radius 2 is 1.88 bits per heavy atom. The third-order valence-electron chi connectivity index (χ3n) is 8.17. The van der Waals surface area contributed by atoms with Crippen LogP contribution >= 0.6 is 11.3 Å². The number of rotatable bonds is 8. The summed E-state index contributed by atoms with van der Waals surface area (Å²) in [5.41, 5.74) is -0.154. The summed E-state index contributed by atoms with van der Waals surface area (Å²) in [7, 11) is 3.16. The predicted octanol–water partition coefficient (Wildman–Crippen LogP) is 2.99. The Kier molecular flexibility index (Phi) is 8.16. The van der Waals surface area contributed by atoms with Gasteiger partial charge in [0.05, 0.1) is 37.5 Å². The number of aryl methyl sites for hydroxylation is 1. The lowest BCUT2D eigenvalue weighted by atomic mass is 10.0. The summed E-state index contributed by atoms with van der Waals surface area (Å²) in [6, 6.07) is 3.23. The van der Waals surface area contributed by atoms with Crippen LogP contribution in [0.4, 0.5) is 4.39 Å². The van der Waals surface area contributed by atoms with E-state index in [9.17, 15) is 18.8 Å².